The molecule has 2 heterocycles. The highest BCUT2D eigenvalue weighted by atomic mass is 16.5. The average Bonchev–Trinajstić information content (AvgIpc) is 2.93. The van der Waals surface area contributed by atoms with Crippen molar-refractivity contribution in [1.82, 2.24) is 14.9 Å². The molecular formula is C31H34N6O3. The van der Waals surface area contributed by atoms with Gasteiger partial charge in [0.2, 0.25) is 5.91 Å². The average molecular weight is 539 g/mol. The van der Waals surface area contributed by atoms with E-state index in [1.165, 1.54) is 0 Å². The van der Waals surface area contributed by atoms with Crippen LogP contribution >= 0.6 is 0 Å². The first-order valence-electron chi connectivity index (χ1n) is 13.1. The first kappa shape index (κ1) is 28.3. The summed E-state index contributed by atoms with van der Waals surface area (Å²) in [6, 6.07) is 15.4. The first-order chi connectivity index (χ1) is 19.3. The predicted octanol–water partition coefficient (Wildman–Crippen LogP) is 5.73. The Balaban J connectivity index is 1.60. The van der Waals surface area contributed by atoms with Crippen LogP contribution in [-0.2, 0) is 11.4 Å². The number of hydrogen-bond donors (Lipinski definition) is 2. The van der Waals surface area contributed by atoms with Crippen molar-refractivity contribution in [2.24, 2.45) is 0 Å². The van der Waals surface area contributed by atoms with Gasteiger partial charge in [0.1, 0.15) is 12.7 Å². The Hall–Kier alpha value is -4.68. The van der Waals surface area contributed by atoms with Crippen molar-refractivity contribution in [2.75, 3.05) is 38.4 Å². The molecule has 0 saturated carbocycles. The van der Waals surface area contributed by atoms with E-state index in [1.54, 1.807) is 19.5 Å². The summed E-state index contributed by atoms with van der Waals surface area (Å²) < 4.78 is 11.6. The van der Waals surface area contributed by atoms with Gasteiger partial charge in [-0.3, -0.25) is 14.8 Å². The highest BCUT2D eigenvalue weighted by molar-refractivity contribution is 6.01. The summed E-state index contributed by atoms with van der Waals surface area (Å²) in [5.41, 5.74) is 5.87. The first-order valence-corrected chi connectivity index (χ1v) is 13.1. The van der Waals surface area contributed by atoms with Gasteiger partial charge in [0, 0.05) is 41.6 Å². The zero-order valence-electron chi connectivity index (χ0n) is 23.5. The lowest BCUT2D eigenvalue weighted by atomic mass is 10.0. The van der Waals surface area contributed by atoms with Gasteiger partial charge in [0.25, 0.3) is 0 Å². The molecule has 9 heteroatoms. The second kappa shape index (κ2) is 12.9. The van der Waals surface area contributed by atoms with Gasteiger partial charge in [-0.25, -0.2) is 0 Å². The molecule has 0 spiro atoms. The molecule has 0 saturated heterocycles. The molecule has 0 radical (unpaired) electrons. The number of hydrogen-bond acceptors (Lipinski definition) is 8. The van der Waals surface area contributed by atoms with Crippen LogP contribution in [0, 0.1) is 25.2 Å². The minimum atomic E-state index is -0.0515. The molecule has 2 aromatic heterocycles. The SMILES string of the molecule is COc1cc(Nc2c(C#N)cnc3cc(C)c(NC(=O)CCCN(C)C)cc23)ccc1OCc1ncccc1C. The Kier molecular flexibility index (Phi) is 9.15. The van der Waals surface area contributed by atoms with Crippen molar-refractivity contribution < 1.29 is 14.3 Å². The van der Waals surface area contributed by atoms with Crippen molar-refractivity contribution in [3.8, 4) is 17.6 Å². The smallest absolute Gasteiger partial charge is 0.224 e. The molecule has 0 aliphatic heterocycles. The molecule has 2 N–H and O–H groups in total. The minimum Gasteiger partial charge on any atom is -0.493 e. The van der Waals surface area contributed by atoms with Crippen LogP contribution in [0.2, 0.25) is 0 Å². The quantitative estimate of drug-likeness (QED) is 0.249. The number of rotatable bonds is 11. The number of pyridine rings is 2. The largest absolute Gasteiger partial charge is 0.493 e. The third-order valence-electron chi connectivity index (χ3n) is 6.53. The molecule has 2 aromatic carbocycles. The normalized spacial score (nSPS) is 10.8. The van der Waals surface area contributed by atoms with E-state index in [2.05, 4.69) is 31.6 Å². The Morgan fingerprint density at radius 1 is 1.07 bits per heavy atom. The molecule has 0 unspecified atom stereocenters. The lowest BCUT2D eigenvalue weighted by Gasteiger charge is -2.17. The van der Waals surface area contributed by atoms with Crippen LogP contribution in [0.1, 0.15) is 35.2 Å². The van der Waals surface area contributed by atoms with Crippen molar-refractivity contribution in [3.63, 3.8) is 0 Å². The highest BCUT2D eigenvalue weighted by Crippen LogP contribution is 2.36. The summed E-state index contributed by atoms with van der Waals surface area (Å²) in [6.45, 7) is 5.07. The Morgan fingerprint density at radius 3 is 2.62 bits per heavy atom. The molecule has 206 valence electrons. The fraction of sp³-hybridized carbons (Fsp3) is 0.290. The molecule has 0 aliphatic rings. The highest BCUT2D eigenvalue weighted by Gasteiger charge is 2.15. The van der Waals surface area contributed by atoms with Crippen molar-refractivity contribution in [1.29, 1.82) is 5.26 Å². The van der Waals surface area contributed by atoms with E-state index >= 15 is 0 Å². The molecule has 40 heavy (non-hydrogen) atoms. The molecule has 0 aliphatic carbocycles. The number of benzene rings is 2. The zero-order chi connectivity index (χ0) is 28.6. The van der Waals surface area contributed by atoms with Crippen LogP contribution in [0.25, 0.3) is 10.9 Å². The Morgan fingerprint density at radius 2 is 1.90 bits per heavy atom. The van der Waals surface area contributed by atoms with Gasteiger partial charge in [-0.2, -0.15) is 5.26 Å². The van der Waals surface area contributed by atoms with Gasteiger partial charge in [-0.05, 0) is 82.4 Å². The number of amides is 1. The van der Waals surface area contributed by atoms with E-state index < -0.39 is 0 Å². The standard InChI is InChI=1S/C31H34N6O3/c1-20-8-6-12-33-27(20)19-40-28-11-10-23(15-29(28)39-5)35-31-22(17-32)18-34-26-14-21(2)25(16-24(26)31)36-30(38)9-7-13-37(3)4/h6,8,10-12,14-16,18H,7,9,13,19H2,1-5H3,(H,34,35)(H,36,38). The van der Waals surface area contributed by atoms with Crippen LogP contribution in [0.4, 0.5) is 17.1 Å². The van der Waals surface area contributed by atoms with Crippen LogP contribution in [0.15, 0.2) is 54.9 Å². The van der Waals surface area contributed by atoms with Crippen LogP contribution < -0.4 is 20.1 Å². The van der Waals surface area contributed by atoms with Crippen molar-refractivity contribution in [2.45, 2.75) is 33.3 Å². The summed E-state index contributed by atoms with van der Waals surface area (Å²) in [5.74, 6) is 1.06. The van der Waals surface area contributed by atoms with Crippen molar-refractivity contribution >= 4 is 33.9 Å². The summed E-state index contributed by atoms with van der Waals surface area (Å²) in [5, 5.41) is 17.0. The summed E-state index contributed by atoms with van der Waals surface area (Å²) >= 11 is 0. The van der Waals surface area contributed by atoms with Crippen LogP contribution in [-0.4, -0.2) is 48.5 Å². The Labute approximate surface area is 234 Å². The lowest BCUT2D eigenvalue weighted by Crippen LogP contribution is -2.17. The maximum absolute atomic E-state index is 12.6. The monoisotopic (exact) mass is 538 g/mol. The van der Waals surface area contributed by atoms with E-state index in [9.17, 15) is 10.1 Å². The van der Waals surface area contributed by atoms with Gasteiger partial charge in [-0.15, -0.1) is 0 Å². The van der Waals surface area contributed by atoms with Gasteiger partial charge in [0.15, 0.2) is 11.5 Å². The molecule has 1 amide bonds. The number of anilines is 3. The maximum atomic E-state index is 12.6. The molecule has 0 bridgehead atoms. The van der Waals surface area contributed by atoms with Gasteiger partial charge in [-0.1, -0.05) is 6.07 Å². The summed E-state index contributed by atoms with van der Waals surface area (Å²) in [6.07, 6.45) is 4.48. The van der Waals surface area contributed by atoms with E-state index in [0.717, 1.165) is 35.2 Å². The fourth-order valence-corrected chi connectivity index (χ4v) is 4.29. The molecular weight excluding hydrogens is 504 g/mol. The molecule has 4 rings (SSSR count). The molecule has 0 atom stereocenters. The summed E-state index contributed by atoms with van der Waals surface area (Å²) in [7, 11) is 5.55. The summed E-state index contributed by atoms with van der Waals surface area (Å²) in [4.78, 5) is 23.5. The fourth-order valence-electron chi connectivity index (χ4n) is 4.29. The van der Waals surface area contributed by atoms with E-state index in [-0.39, 0.29) is 5.91 Å². The zero-order valence-corrected chi connectivity index (χ0v) is 23.5. The topological polar surface area (TPSA) is 112 Å². The third kappa shape index (κ3) is 6.84. The number of fused-ring (bicyclic) bond motifs is 1. The van der Waals surface area contributed by atoms with Gasteiger partial charge in [0.05, 0.1) is 29.6 Å². The number of carbonyl (C=O) groups is 1. The van der Waals surface area contributed by atoms with Gasteiger partial charge >= 0.3 is 0 Å². The second-order valence-electron chi connectivity index (χ2n) is 9.84. The number of carbonyl (C=O) groups excluding carboxylic acids is 1. The number of nitriles is 1. The Bertz CT molecular complexity index is 1560. The number of aryl methyl sites for hydroxylation is 2. The number of nitrogens with one attached hydrogen (secondary N) is 2. The second-order valence-corrected chi connectivity index (χ2v) is 9.84. The lowest BCUT2D eigenvalue weighted by molar-refractivity contribution is -0.116. The van der Waals surface area contributed by atoms with E-state index in [0.29, 0.717) is 52.7 Å². The van der Waals surface area contributed by atoms with Crippen molar-refractivity contribution in [3.05, 3.63) is 77.2 Å². The maximum Gasteiger partial charge on any atom is 0.224 e. The minimum absolute atomic E-state index is 0.0515. The number of nitrogens with zero attached hydrogens (tertiary/aromatic N) is 4. The number of methoxy groups -OCH3 is 1. The third-order valence-corrected chi connectivity index (χ3v) is 6.53. The van der Waals surface area contributed by atoms with Crippen LogP contribution in [0.5, 0.6) is 11.5 Å². The number of ether oxygens (including phenoxy) is 2. The predicted molar refractivity (Wildman–Crippen MR) is 157 cm³/mol. The molecule has 0 fully saturated rings. The molecule has 9 nitrogen and oxygen atoms in total. The van der Waals surface area contributed by atoms with E-state index in [4.69, 9.17) is 9.47 Å². The molecule has 4 aromatic rings. The van der Waals surface area contributed by atoms with E-state index in [1.807, 2.05) is 70.4 Å². The van der Waals surface area contributed by atoms with Crippen LogP contribution in [0.3, 0.4) is 0 Å². The van der Waals surface area contributed by atoms with Gasteiger partial charge < -0.3 is 25.0 Å². The number of aromatic nitrogens is 2.